The minimum Gasteiger partial charge on any atom is -0.379 e. The van der Waals surface area contributed by atoms with E-state index < -0.39 is 0 Å². The van der Waals surface area contributed by atoms with Crippen LogP contribution >= 0.6 is 11.8 Å². The van der Waals surface area contributed by atoms with E-state index in [9.17, 15) is 0 Å². The molecule has 0 aliphatic rings. The Kier molecular flexibility index (Phi) is 4.01. The first-order valence-electron chi connectivity index (χ1n) is 4.53. The maximum absolute atomic E-state index is 5.60. The fraction of sp³-hybridized carbons (Fsp3) is 0.364. The van der Waals surface area contributed by atoms with Crippen LogP contribution in [0.5, 0.6) is 0 Å². The molecule has 76 valence electrons. The van der Waals surface area contributed by atoms with Gasteiger partial charge in [-0.05, 0) is 36.8 Å². The number of aryl methyl sites for hydroxylation is 2. The summed E-state index contributed by atoms with van der Waals surface area (Å²) in [6.07, 6.45) is 1.93. The Labute approximate surface area is 89.6 Å². The van der Waals surface area contributed by atoms with Gasteiger partial charge in [-0.2, -0.15) is 0 Å². The number of rotatable bonds is 2. The average molecular weight is 208 g/mol. The van der Waals surface area contributed by atoms with Gasteiger partial charge in [0.05, 0.1) is 6.54 Å². The first-order chi connectivity index (χ1) is 6.63. The van der Waals surface area contributed by atoms with Crippen LogP contribution in [0.3, 0.4) is 0 Å². The fourth-order valence-corrected chi connectivity index (χ4v) is 1.33. The highest BCUT2D eigenvalue weighted by Gasteiger charge is 1.95. The zero-order valence-corrected chi connectivity index (χ0v) is 9.69. The molecule has 0 fully saturated rings. The van der Waals surface area contributed by atoms with Gasteiger partial charge >= 0.3 is 0 Å². The van der Waals surface area contributed by atoms with Crippen LogP contribution in [0.4, 0.5) is 0 Å². The van der Waals surface area contributed by atoms with E-state index in [-0.39, 0.29) is 0 Å². The molecule has 3 heteroatoms. The third kappa shape index (κ3) is 3.07. The second-order valence-corrected chi connectivity index (χ2v) is 4.10. The number of nitrogens with zero attached hydrogens (tertiary/aromatic N) is 1. The van der Waals surface area contributed by atoms with Gasteiger partial charge in [0.15, 0.2) is 5.17 Å². The molecule has 0 radical (unpaired) electrons. The first-order valence-corrected chi connectivity index (χ1v) is 5.76. The molecule has 0 aromatic heterocycles. The van der Waals surface area contributed by atoms with Crippen molar-refractivity contribution in [1.29, 1.82) is 0 Å². The van der Waals surface area contributed by atoms with Crippen LogP contribution in [0.15, 0.2) is 23.2 Å². The molecule has 0 atom stereocenters. The van der Waals surface area contributed by atoms with Crippen LogP contribution in [0.2, 0.25) is 0 Å². The normalized spacial score (nSPS) is 11.8. The Morgan fingerprint density at radius 2 is 2.07 bits per heavy atom. The van der Waals surface area contributed by atoms with E-state index in [2.05, 4.69) is 37.0 Å². The number of thioether (sulfide) groups is 1. The number of amidine groups is 1. The lowest BCUT2D eigenvalue weighted by atomic mass is 10.1. The van der Waals surface area contributed by atoms with Gasteiger partial charge in [0, 0.05) is 0 Å². The molecule has 0 saturated carbocycles. The molecule has 0 heterocycles. The summed E-state index contributed by atoms with van der Waals surface area (Å²) in [5.74, 6) is 0. The summed E-state index contributed by atoms with van der Waals surface area (Å²) in [4.78, 5) is 4.24. The highest BCUT2D eigenvalue weighted by Crippen LogP contribution is 2.10. The highest BCUT2D eigenvalue weighted by molar-refractivity contribution is 8.13. The molecule has 1 aromatic rings. The topological polar surface area (TPSA) is 38.4 Å². The molecule has 14 heavy (non-hydrogen) atoms. The van der Waals surface area contributed by atoms with Gasteiger partial charge in [0.1, 0.15) is 0 Å². The lowest BCUT2D eigenvalue weighted by Crippen LogP contribution is -2.05. The molecule has 1 aromatic carbocycles. The highest BCUT2D eigenvalue weighted by atomic mass is 32.2. The summed E-state index contributed by atoms with van der Waals surface area (Å²) in [7, 11) is 0. The standard InChI is InChI=1S/C11H16N2S/c1-8-4-5-10(6-9(8)2)7-13-11(12)14-3/h4-6H,7H2,1-3H3,(H2,12,13). The van der Waals surface area contributed by atoms with Crippen molar-refractivity contribution in [1.82, 2.24) is 0 Å². The van der Waals surface area contributed by atoms with Gasteiger partial charge < -0.3 is 5.73 Å². The molecule has 2 nitrogen and oxygen atoms in total. The maximum atomic E-state index is 5.60. The number of aliphatic imine (C=N–C) groups is 1. The van der Waals surface area contributed by atoms with Crippen molar-refractivity contribution in [2.75, 3.05) is 6.26 Å². The number of hydrogen-bond acceptors (Lipinski definition) is 2. The van der Waals surface area contributed by atoms with Crippen molar-refractivity contribution in [2.45, 2.75) is 20.4 Å². The lowest BCUT2D eigenvalue weighted by Gasteiger charge is -2.02. The Balaban J connectivity index is 2.73. The Bertz CT molecular complexity index is 345. The van der Waals surface area contributed by atoms with Crippen LogP contribution in [-0.4, -0.2) is 11.4 Å². The van der Waals surface area contributed by atoms with Crippen molar-refractivity contribution in [3.63, 3.8) is 0 Å². The predicted octanol–water partition coefficient (Wildman–Crippen LogP) is 2.48. The Morgan fingerprint density at radius 1 is 1.36 bits per heavy atom. The number of hydrogen-bond donors (Lipinski definition) is 1. The predicted molar refractivity (Wildman–Crippen MR) is 64.8 cm³/mol. The summed E-state index contributed by atoms with van der Waals surface area (Å²) in [6.45, 7) is 4.90. The van der Waals surface area contributed by atoms with Gasteiger partial charge in [-0.3, -0.25) is 4.99 Å². The quantitative estimate of drug-likeness (QED) is 0.599. The molecule has 0 unspecified atom stereocenters. The smallest absolute Gasteiger partial charge is 0.153 e. The van der Waals surface area contributed by atoms with Crippen LogP contribution in [0.1, 0.15) is 16.7 Å². The van der Waals surface area contributed by atoms with Crippen LogP contribution in [0, 0.1) is 13.8 Å². The van der Waals surface area contributed by atoms with Crippen molar-refractivity contribution in [2.24, 2.45) is 10.7 Å². The molecule has 2 N–H and O–H groups in total. The van der Waals surface area contributed by atoms with E-state index in [1.165, 1.54) is 28.5 Å². The third-order valence-corrected chi connectivity index (χ3v) is 2.75. The number of nitrogens with two attached hydrogens (primary N) is 1. The van der Waals surface area contributed by atoms with Crippen molar-refractivity contribution in [3.8, 4) is 0 Å². The number of benzene rings is 1. The van der Waals surface area contributed by atoms with Crippen LogP contribution in [-0.2, 0) is 6.54 Å². The van der Waals surface area contributed by atoms with Crippen LogP contribution < -0.4 is 5.73 Å². The Hall–Kier alpha value is -0.960. The zero-order chi connectivity index (χ0) is 10.6. The van der Waals surface area contributed by atoms with E-state index in [0.717, 1.165) is 0 Å². The van der Waals surface area contributed by atoms with Crippen molar-refractivity contribution < 1.29 is 0 Å². The summed E-state index contributed by atoms with van der Waals surface area (Å²) in [5, 5.41) is 0.642. The third-order valence-electron chi connectivity index (χ3n) is 2.20. The maximum Gasteiger partial charge on any atom is 0.153 e. The summed E-state index contributed by atoms with van der Waals surface area (Å²) < 4.78 is 0. The second-order valence-electron chi connectivity index (χ2n) is 3.28. The minimum atomic E-state index is 0.642. The Morgan fingerprint density at radius 3 is 2.64 bits per heavy atom. The molecular weight excluding hydrogens is 192 g/mol. The van der Waals surface area contributed by atoms with Crippen LogP contribution in [0.25, 0.3) is 0 Å². The van der Waals surface area contributed by atoms with Gasteiger partial charge in [-0.1, -0.05) is 30.0 Å². The zero-order valence-electron chi connectivity index (χ0n) is 8.87. The SMILES string of the molecule is CSC(N)=NCc1ccc(C)c(C)c1. The van der Waals surface area contributed by atoms with E-state index >= 15 is 0 Å². The fourth-order valence-electron chi connectivity index (χ4n) is 1.14. The van der Waals surface area contributed by atoms with E-state index in [1.54, 1.807) is 0 Å². The van der Waals surface area contributed by atoms with Gasteiger partial charge in [0.2, 0.25) is 0 Å². The van der Waals surface area contributed by atoms with E-state index in [4.69, 9.17) is 5.73 Å². The minimum absolute atomic E-state index is 0.642. The lowest BCUT2D eigenvalue weighted by molar-refractivity contribution is 1.06. The first kappa shape index (κ1) is 11.1. The summed E-state index contributed by atoms with van der Waals surface area (Å²) >= 11 is 1.48. The molecule has 1 rings (SSSR count). The largest absolute Gasteiger partial charge is 0.379 e. The summed E-state index contributed by atoms with van der Waals surface area (Å²) in [5.41, 5.74) is 9.44. The molecule has 0 saturated heterocycles. The molecule has 0 aliphatic carbocycles. The molecule has 0 amide bonds. The molecule has 0 bridgehead atoms. The monoisotopic (exact) mass is 208 g/mol. The van der Waals surface area contributed by atoms with Crippen molar-refractivity contribution in [3.05, 3.63) is 34.9 Å². The van der Waals surface area contributed by atoms with E-state index in [0.29, 0.717) is 11.7 Å². The molecule has 0 spiro atoms. The molecular formula is C11H16N2S. The van der Waals surface area contributed by atoms with Crippen molar-refractivity contribution >= 4 is 16.9 Å². The second kappa shape index (κ2) is 5.05. The molecule has 0 aliphatic heterocycles. The van der Waals surface area contributed by atoms with E-state index in [1.807, 2.05) is 6.26 Å². The summed E-state index contributed by atoms with van der Waals surface area (Å²) in [6, 6.07) is 6.38. The average Bonchev–Trinajstić information content (AvgIpc) is 2.19. The van der Waals surface area contributed by atoms with Gasteiger partial charge in [-0.15, -0.1) is 0 Å². The van der Waals surface area contributed by atoms with Gasteiger partial charge in [-0.25, -0.2) is 0 Å². The van der Waals surface area contributed by atoms with Gasteiger partial charge in [0.25, 0.3) is 0 Å².